The fourth-order valence-corrected chi connectivity index (χ4v) is 4.17. The number of carbonyl (C=O) groups is 2. The summed E-state index contributed by atoms with van der Waals surface area (Å²) in [6, 6.07) is 5.35. The van der Waals surface area contributed by atoms with Gasteiger partial charge in [-0.25, -0.2) is 0 Å². The number of hydrogen-bond donors (Lipinski definition) is 1. The van der Waals surface area contributed by atoms with E-state index in [0.717, 1.165) is 5.69 Å². The highest BCUT2D eigenvalue weighted by Crippen LogP contribution is 2.39. The van der Waals surface area contributed by atoms with E-state index in [1.807, 2.05) is 22.8 Å². The number of benzene rings is 1. The van der Waals surface area contributed by atoms with Crippen LogP contribution in [0.5, 0.6) is 0 Å². The number of halogens is 1. The van der Waals surface area contributed by atoms with Crippen LogP contribution in [0.15, 0.2) is 18.2 Å². The van der Waals surface area contributed by atoms with Crippen molar-refractivity contribution in [2.75, 3.05) is 25.0 Å². The SMILES string of the molecule is CCN1C(=O)c2ccc(Cl)cc2NC12CCN(C(=O)CC(C)(C)C)CC2. The van der Waals surface area contributed by atoms with E-state index in [0.29, 0.717) is 49.5 Å². The zero-order valence-corrected chi connectivity index (χ0v) is 16.8. The highest BCUT2D eigenvalue weighted by Gasteiger charge is 2.46. The molecule has 0 unspecified atom stereocenters. The van der Waals surface area contributed by atoms with E-state index < -0.39 is 5.66 Å². The summed E-state index contributed by atoms with van der Waals surface area (Å²) in [7, 11) is 0. The second-order valence-corrected chi connectivity index (χ2v) is 8.95. The van der Waals surface area contributed by atoms with Gasteiger partial charge in [-0.3, -0.25) is 9.59 Å². The molecule has 6 heteroatoms. The molecule has 0 bridgehead atoms. The summed E-state index contributed by atoms with van der Waals surface area (Å²) in [6.45, 7) is 10.2. The van der Waals surface area contributed by atoms with E-state index in [-0.39, 0.29) is 17.2 Å². The molecule has 142 valence electrons. The third-order valence-electron chi connectivity index (χ3n) is 5.28. The number of rotatable bonds is 2. The van der Waals surface area contributed by atoms with Gasteiger partial charge in [0.2, 0.25) is 5.91 Å². The van der Waals surface area contributed by atoms with Crippen LogP contribution in [0.3, 0.4) is 0 Å². The van der Waals surface area contributed by atoms with Gasteiger partial charge in [0, 0.05) is 43.9 Å². The topological polar surface area (TPSA) is 52.7 Å². The molecule has 26 heavy (non-hydrogen) atoms. The first kappa shape index (κ1) is 19.0. The highest BCUT2D eigenvalue weighted by molar-refractivity contribution is 6.31. The molecule has 1 N–H and O–H groups in total. The molecule has 1 aromatic rings. The number of nitrogens with zero attached hydrogens (tertiary/aromatic N) is 2. The van der Waals surface area contributed by atoms with Crippen molar-refractivity contribution in [1.29, 1.82) is 0 Å². The van der Waals surface area contributed by atoms with Crippen LogP contribution in [0.25, 0.3) is 0 Å². The fourth-order valence-electron chi connectivity index (χ4n) is 4.00. The lowest BCUT2D eigenvalue weighted by Crippen LogP contribution is -2.64. The van der Waals surface area contributed by atoms with Crippen LogP contribution in [0, 0.1) is 5.41 Å². The van der Waals surface area contributed by atoms with Crippen molar-refractivity contribution in [2.45, 2.75) is 52.6 Å². The van der Waals surface area contributed by atoms with Gasteiger partial charge in [-0.1, -0.05) is 32.4 Å². The fraction of sp³-hybridized carbons (Fsp3) is 0.600. The quantitative estimate of drug-likeness (QED) is 0.848. The van der Waals surface area contributed by atoms with Crippen molar-refractivity contribution in [3.63, 3.8) is 0 Å². The molecule has 1 aromatic carbocycles. The van der Waals surface area contributed by atoms with Gasteiger partial charge < -0.3 is 15.1 Å². The standard InChI is InChI=1S/C20H28ClN3O2/c1-5-24-18(26)15-7-6-14(21)12-16(15)22-20(24)8-10-23(11-9-20)17(25)13-19(2,3)4/h6-7,12,22H,5,8-11,13H2,1-4H3. The van der Waals surface area contributed by atoms with Crippen molar-refractivity contribution < 1.29 is 9.59 Å². The van der Waals surface area contributed by atoms with Gasteiger partial charge >= 0.3 is 0 Å². The first-order valence-electron chi connectivity index (χ1n) is 9.33. The molecule has 2 aliphatic heterocycles. The van der Waals surface area contributed by atoms with Gasteiger partial charge in [-0.2, -0.15) is 0 Å². The number of hydrogen-bond acceptors (Lipinski definition) is 3. The van der Waals surface area contributed by atoms with Gasteiger partial charge in [0.05, 0.1) is 11.3 Å². The number of amides is 2. The molecule has 1 fully saturated rings. The van der Waals surface area contributed by atoms with Gasteiger partial charge in [0.15, 0.2) is 0 Å². The monoisotopic (exact) mass is 377 g/mol. The maximum atomic E-state index is 13.0. The van der Waals surface area contributed by atoms with E-state index in [1.54, 1.807) is 12.1 Å². The van der Waals surface area contributed by atoms with Gasteiger partial charge in [-0.05, 0) is 30.5 Å². The summed E-state index contributed by atoms with van der Waals surface area (Å²) < 4.78 is 0. The van der Waals surface area contributed by atoms with Crippen molar-refractivity contribution in [3.05, 3.63) is 28.8 Å². The minimum absolute atomic E-state index is 0.0174. The first-order chi connectivity index (χ1) is 12.1. The lowest BCUT2D eigenvalue weighted by atomic mass is 9.88. The lowest BCUT2D eigenvalue weighted by Gasteiger charge is -2.52. The van der Waals surface area contributed by atoms with Crippen LogP contribution in [0.4, 0.5) is 5.69 Å². The number of piperidine rings is 1. The predicted molar refractivity (Wildman–Crippen MR) is 104 cm³/mol. The third kappa shape index (κ3) is 3.54. The molecule has 2 amide bonds. The molecule has 0 aliphatic carbocycles. The second kappa shape index (κ2) is 6.76. The Morgan fingerprint density at radius 1 is 1.27 bits per heavy atom. The maximum absolute atomic E-state index is 13.0. The van der Waals surface area contributed by atoms with Gasteiger partial charge in [0.1, 0.15) is 5.66 Å². The largest absolute Gasteiger partial charge is 0.362 e. The van der Waals surface area contributed by atoms with Crippen molar-refractivity contribution in [2.24, 2.45) is 5.41 Å². The van der Waals surface area contributed by atoms with Crippen molar-refractivity contribution in [1.82, 2.24) is 9.80 Å². The maximum Gasteiger partial charge on any atom is 0.257 e. The Balaban J connectivity index is 1.80. The van der Waals surface area contributed by atoms with Crippen LogP contribution in [0.1, 0.15) is 57.3 Å². The molecule has 2 aliphatic rings. The van der Waals surface area contributed by atoms with E-state index in [4.69, 9.17) is 11.6 Å². The average molecular weight is 378 g/mol. The Kier molecular flexibility index (Phi) is 4.95. The van der Waals surface area contributed by atoms with E-state index in [1.165, 1.54) is 0 Å². The lowest BCUT2D eigenvalue weighted by molar-refractivity contribution is -0.135. The Morgan fingerprint density at radius 3 is 2.50 bits per heavy atom. The Labute approximate surface area is 160 Å². The van der Waals surface area contributed by atoms with Gasteiger partial charge in [-0.15, -0.1) is 0 Å². The smallest absolute Gasteiger partial charge is 0.257 e. The van der Waals surface area contributed by atoms with E-state index in [9.17, 15) is 9.59 Å². The summed E-state index contributed by atoms with van der Waals surface area (Å²) in [5.41, 5.74) is 0.994. The van der Waals surface area contributed by atoms with E-state index in [2.05, 4.69) is 26.1 Å². The molecule has 3 rings (SSSR count). The van der Waals surface area contributed by atoms with Crippen LogP contribution in [-0.4, -0.2) is 46.9 Å². The second-order valence-electron chi connectivity index (χ2n) is 8.51. The third-order valence-corrected chi connectivity index (χ3v) is 5.52. The van der Waals surface area contributed by atoms with E-state index >= 15 is 0 Å². The summed E-state index contributed by atoms with van der Waals surface area (Å²) in [5.74, 6) is 0.230. The number of likely N-dealkylation sites (tertiary alicyclic amines) is 1. The zero-order chi connectivity index (χ0) is 19.1. The Bertz CT molecular complexity index is 718. The normalized spacial score (nSPS) is 19.3. The Hall–Kier alpha value is -1.75. The highest BCUT2D eigenvalue weighted by atomic mass is 35.5. The first-order valence-corrected chi connectivity index (χ1v) is 9.70. The average Bonchev–Trinajstić information content (AvgIpc) is 2.54. The summed E-state index contributed by atoms with van der Waals surface area (Å²) in [4.78, 5) is 29.4. The number of anilines is 1. The number of nitrogens with one attached hydrogen (secondary N) is 1. The summed E-state index contributed by atoms with van der Waals surface area (Å²) >= 11 is 6.13. The molecule has 0 aromatic heterocycles. The number of fused-ring (bicyclic) bond motifs is 1. The Morgan fingerprint density at radius 2 is 1.92 bits per heavy atom. The molecule has 2 heterocycles. The van der Waals surface area contributed by atoms with Crippen LogP contribution >= 0.6 is 11.6 Å². The van der Waals surface area contributed by atoms with Gasteiger partial charge in [0.25, 0.3) is 5.91 Å². The molecular weight excluding hydrogens is 350 g/mol. The summed E-state index contributed by atoms with van der Waals surface area (Å²) in [5, 5.41) is 4.19. The molecule has 5 nitrogen and oxygen atoms in total. The van der Waals surface area contributed by atoms with Crippen LogP contribution < -0.4 is 5.32 Å². The van der Waals surface area contributed by atoms with Crippen LogP contribution in [-0.2, 0) is 4.79 Å². The molecular formula is C20H28ClN3O2. The molecule has 0 saturated carbocycles. The number of carbonyl (C=O) groups excluding carboxylic acids is 2. The summed E-state index contributed by atoms with van der Waals surface area (Å²) in [6.07, 6.45) is 1.98. The van der Waals surface area contributed by atoms with Crippen molar-refractivity contribution in [3.8, 4) is 0 Å². The predicted octanol–water partition coefficient (Wildman–Crippen LogP) is 3.98. The minimum Gasteiger partial charge on any atom is -0.362 e. The zero-order valence-electron chi connectivity index (χ0n) is 16.1. The van der Waals surface area contributed by atoms with Crippen LogP contribution in [0.2, 0.25) is 5.02 Å². The molecule has 0 radical (unpaired) electrons. The minimum atomic E-state index is -0.442. The van der Waals surface area contributed by atoms with Crippen molar-refractivity contribution >= 4 is 29.1 Å². The molecule has 1 saturated heterocycles. The molecule has 1 spiro atoms. The molecule has 0 atom stereocenters.